The highest BCUT2D eigenvalue weighted by atomic mass is 35.5. The average molecular weight is 291 g/mol. The first kappa shape index (κ1) is 13.7. The fourth-order valence-electron chi connectivity index (χ4n) is 1.99. The van der Waals surface area contributed by atoms with Gasteiger partial charge in [0, 0.05) is 48.6 Å². The van der Waals surface area contributed by atoms with Gasteiger partial charge in [-0.1, -0.05) is 18.5 Å². The van der Waals surface area contributed by atoms with E-state index in [0.29, 0.717) is 0 Å². The van der Waals surface area contributed by atoms with Crippen LogP contribution in [0.2, 0.25) is 4.34 Å². The monoisotopic (exact) mass is 290 g/mol. The molecule has 0 bridgehead atoms. The Bertz CT molecular complexity index is 343. The van der Waals surface area contributed by atoms with Gasteiger partial charge in [-0.05, 0) is 12.1 Å². The highest BCUT2D eigenvalue weighted by Crippen LogP contribution is 2.21. The molecule has 1 atom stereocenters. The molecule has 0 saturated carbocycles. The van der Waals surface area contributed by atoms with Gasteiger partial charge in [-0.15, -0.1) is 11.3 Å². The number of nitrogens with zero attached hydrogens (tertiary/aromatic N) is 1. The third-order valence-corrected chi connectivity index (χ3v) is 5.23. The van der Waals surface area contributed by atoms with Gasteiger partial charge < -0.3 is 10.2 Å². The van der Waals surface area contributed by atoms with E-state index in [1.54, 1.807) is 11.3 Å². The van der Waals surface area contributed by atoms with Crippen LogP contribution >= 0.6 is 34.7 Å². The van der Waals surface area contributed by atoms with Crippen molar-refractivity contribution in [3.05, 3.63) is 21.3 Å². The zero-order valence-corrected chi connectivity index (χ0v) is 12.5. The van der Waals surface area contributed by atoms with Crippen molar-refractivity contribution >= 4 is 34.7 Å². The summed E-state index contributed by atoms with van der Waals surface area (Å²) in [6, 6.07) is 4.06. The largest absolute Gasteiger partial charge is 0.311 e. The summed E-state index contributed by atoms with van der Waals surface area (Å²) in [5, 5.41) is 4.27. The number of hydrogen-bond acceptors (Lipinski definition) is 4. The van der Waals surface area contributed by atoms with Crippen LogP contribution in [0.25, 0.3) is 0 Å². The zero-order valence-electron chi connectivity index (χ0n) is 10.1. The SMILES string of the molecule is CC1CN(CCNCc2ccc(Cl)s2)CCS1. The van der Waals surface area contributed by atoms with Crippen molar-refractivity contribution in [2.75, 3.05) is 31.9 Å². The highest BCUT2D eigenvalue weighted by molar-refractivity contribution is 7.99. The topological polar surface area (TPSA) is 15.3 Å². The molecule has 1 fully saturated rings. The Morgan fingerprint density at radius 3 is 3.12 bits per heavy atom. The third-order valence-electron chi connectivity index (χ3n) is 2.86. The summed E-state index contributed by atoms with van der Waals surface area (Å²) in [7, 11) is 0. The van der Waals surface area contributed by atoms with Crippen LogP contribution in [0.1, 0.15) is 11.8 Å². The summed E-state index contributed by atoms with van der Waals surface area (Å²) in [6.07, 6.45) is 0. The minimum Gasteiger partial charge on any atom is -0.311 e. The molecule has 2 rings (SSSR count). The van der Waals surface area contributed by atoms with Crippen molar-refractivity contribution in [1.82, 2.24) is 10.2 Å². The first-order chi connectivity index (χ1) is 8.24. The van der Waals surface area contributed by atoms with E-state index in [0.717, 1.165) is 29.2 Å². The number of rotatable bonds is 5. The van der Waals surface area contributed by atoms with Crippen LogP contribution in [0.3, 0.4) is 0 Å². The minimum absolute atomic E-state index is 0.792. The van der Waals surface area contributed by atoms with Gasteiger partial charge >= 0.3 is 0 Å². The molecule has 1 aliphatic rings. The molecule has 1 aromatic rings. The first-order valence-electron chi connectivity index (χ1n) is 6.03. The van der Waals surface area contributed by atoms with Gasteiger partial charge in [-0.25, -0.2) is 0 Å². The average Bonchev–Trinajstić information content (AvgIpc) is 2.71. The molecule has 1 N–H and O–H groups in total. The maximum atomic E-state index is 5.89. The van der Waals surface area contributed by atoms with E-state index in [9.17, 15) is 0 Å². The van der Waals surface area contributed by atoms with E-state index in [1.165, 1.54) is 23.7 Å². The molecular formula is C12H19ClN2S2. The highest BCUT2D eigenvalue weighted by Gasteiger charge is 2.15. The lowest BCUT2D eigenvalue weighted by molar-refractivity contribution is 0.285. The Morgan fingerprint density at radius 2 is 2.41 bits per heavy atom. The summed E-state index contributed by atoms with van der Waals surface area (Å²) in [5.74, 6) is 1.28. The molecule has 0 aromatic carbocycles. The Hall–Kier alpha value is 0.260. The van der Waals surface area contributed by atoms with Gasteiger partial charge in [-0.3, -0.25) is 0 Å². The van der Waals surface area contributed by atoms with Crippen LogP contribution in [0.4, 0.5) is 0 Å². The molecule has 17 heavy (non-hydrogen) atoms. The predicted octanol–water partition coefficient (Wildman–Crippen LogP) is 2.93. The van der Waals surface area contributed by atoms with E-state index < -0.39 is 0 Å². The molecule has 1 aromatic heterocycles. The molecule has 0 aliphatic carbocycles. The Morgan fingerprint density at radius 1 is 1.53 bits per heavy atom. The Labute approximate surface area is 117 Å². The third kappa shape index (κ3) is 4.79. The van der Waals surface area contributed by atoms with Crippen molar-refractivity contribution in [2.24, 2.45) is 0 Å². The molecule has 1 aliphatic heterocycles. The standard InChI is InChI=1S/C12H19ClN2S2/c1-10-9-15(6-7-16-10)5-4-14-8-11-2-3-12(13)17-11/h2-3,10,14H,4-9H2,1H3. The smallest absolute Gasteiger partial charge is 0.0931 e. The van der Waals surface area contributed by atoms with Gasteiger partial charge in [0.1, 0.15) is 0 Å². The van der Waals surface area contributed by atoms with Gasteiger partial charge in [0.25, 0.3) is 0 Å². The van der Waals surface area contributed by atoms with Crippen LogP contribution in [0, 0.1) is 0 Å². The van der Waals surface area contributed by atoms with Gasteiger partial charge in [0.05, 0.1) is 4.34 Å². The van der Waals surface area contributed by atoms with E-state index in [2.05, 4.69) is 35.0 Å². The summed E-state index contributed by atoms with van der Waals surface area (Å²) < 4.78 is 0.878. The molecule has 1 unspecified atom stereocenters. The minimum atomic E-state index is 0.792. The van der Waals surface area contributed by atoms with Crippen molar-refractivity contribution in [3.8, 4) is 0 Å². The number of hydrogen-bond donors (Lipinski definition) is 1. The number of thiophene rings is 1. The molecule has 2 nitrogen and oxygen atoms in total. The lowest BCUT2D eigenvalue weighted by Gasteiger charge is -2.30. The van der Waals surface area contributed by atoms with Crippen LogP contribution < -0.4 is 5.32 Å². The number of halogens is 1. The fourth-order valence-corrected chi connectivity index (χ4v) is 4.13. The molecule has 0 radical (unpaired) electrons. The Kier molecular flexibility index (Phi) is 5.63. The molecule has 0 spiro atoms. The molecule has 5 heteroatoms. The molecular weight excluding hydrogens is 272 g/mol. The van der Waals surface area contributed by atoms with Crippen LogP contribution in [0.15, 0.2) is 12.1 Å². The second kappa shape index (κ2) is 7.00. The van der Waals surface area contributed by atoms with E-state index in [1.807, 2.05) is 6.07 Å². The van der Waals surface area contributed by atoms with E-state index in [-0.39, 0.29) is 0 Å². The molecule has 0 amide bonds. The normalized spacial score (nSPS) is 21.9. The summed E-state index contributed by atoms with van der Waals surface area (Å²) in [5.41, 5.74) is 0. The molecule has 96 valence electrons. The quantitative estimate of drug-likeness (QED) is 0.840. The van der Waals surface area contributed by atoms with Gasteiger partial charge in [0.2, 0.25) is 0 Å². The van der Waals surface area contributed by atoms with E-state index in [4.69, 9.17) is 11.6 Å². The van der Waals surface area contributed by atoms with Crippen molar-refractivity contribution in [1.29, 1.82) is 0 Å². The van der Waals surface area contributed by atoms with Gasteiger partial charge in [0.15, 0.2) is 0 Å². The summed E-state index contributed by atoms with van der Waals surface area (Å²) in [4.78, 5) is 3.87. The van der Waals surface area contributed by atoms with Crippen molar-refractivity contribution < 1.29 is 0 Å². The fraction of sp³-hybridized carbons (Fsp3) is 0.667. The maximum absolute atomic E-state index is 5.89. The van der Waals surface area contributed by atoms with Gasteiger partial charge in [-0.2, -0.15) is 11.8 Å². The van der Waals surface area contributed by atoms with Crippen molar-refractivity contribution in [2.45, 2.75) is 18.7 Å². The van der Waals surface area contributed by atoms with Crippen LogP contribution in [-0.2, 0) is 6.54 Å². The van der Waals surface area contributed by atoms with Crippen LogP contribution in [0.5, 0.6) is 0 Å². The molecule has 2 heterocycles. The maximum Gasteiger partial charge on any atom is 0.0931 e. The van der Waals surface area contributed by atoms with Crippen molar-refractivity contribution in [3.63, 3.8) is 0 Å². The first-order valence-corrected chi connectivity index (χ1v) is 8.27. The second-order valence-corrected chi connectivity index (χ2v) is 7.71. The van der Waals surface area contributed by atoms with Crippen LogP contribution in [-0.4, -0.2) is 42.1 Å². The number of nitrogens with one attached hydrogen (secondary N) is 1. The summed E-state index contributed by atoms with van der Waals surface area (Å²) >= 11 is 9.64. The Balaban J connectivity index is 1.59. The predicted molar refractivity (Wildman–Crippen MR) is 79.4 cm³/mol. The lowest BCUT2D eigenvalue weighted by Crippen LogP contribution is -2.40. The molecule has 1 saturated heterocycles. The lowest BCUT2D eigenvalue weighted by atomic mass is 10.3. The van der Waals surface area contributed by atoms with E-state index >= 15 is 0 Å². The zero-order chi connectivity index (χ0) is 12.1. The second-order valence-electron chi connectivity index (χ2n) is 4.36. The summed E-state index contributed by atoms with van der Waals surface area (Å²) in [6.45, 7) is 7.95. The number of thioether (sulfide) groups is 1.